The summed E-state index contributed by atoms with van der Waals surface area (Å²) in [5.41, 5.74) is -0.988. The van der Waals surface area contributed by atoms with E-state index in [4.69, 9.17) is 16.3 Å². The van der Waals surface area contributed by atoms with E-state index in [1.165, 1.54) is 0 Å². The molecular weight excluding hydrogens is 542 g/mol. The highest BCUT2D eigenvalue weighted by Gasteiger charge is 2.76. The number of ether oxygens (including phenoxy) is 1. The van der Waals surface area contributed by atoms with E-state index in [2.05, 4.69) is 0 Å². The van der Waals surface area contributed by atoms with Gasteiger partial charge in [-0.1, -0.05) is 75.7 Å². The van der Waals surface area contributed by atoms with Crippen molar-refractivity contribution < 1.29 is 24.2 Å². The lowest BCUT2D eigenvalue weighted by atomic mass is 9.73. The first-order valence-corrected chi connectivity index (χ1v) is 15.3. The molecule has 41 heavy (non-hydrogen) atoms. The number of rotatable bonds is 8. The van der Waals surface area contributed by atoms with Gasteiger partial charge in [-0.2, -0.15) is 0 Å². The van der Waals surface area contributed by atoms with Crippen molar-refractivity contribution in [3.8, 4) is 0 Å². The third kappa shape index (κ3) is 4.54. The maximum absolute atomic E-state index is 14.8. The van der Waals surface area contributed by atoms with Crippen molar-refractivity contribution in [2.75, 3.05) is 31.1 Å². The molecule has 4 aliphatic heterocycles. The van der Waals surface area contributed by atoms with Gasteiger partial charge in [0.25, 0.3) is 5.91 Å². The number of para-hydroxylation sites is 1. The summed E-state index contributed by atoms with van der Waals surface area (Å²) in [6, 6.07) is 3.81. The van der Waals surface area contributed by atoms with E-state index in [1.54, 1.807) is 20.8 Å². The zero-order chi connectivity index (χ0) is 29.7. The highest BCUT2D eigenvalue weighted by Crippen LogP contribution is 2.59. The van der Waals surface area contributed by atoms with Crippen molar-refractivity contribution in [2.45, 2.75) is 77.2 Å². The molecule has 3 amide bonds. The molecule has 2 saturated heterocycles. The van der Waals surface area contributed by atoms with Crippen molar-refractivity contribution in [1.29, 1.82) is 0 Å². The summed E-state index contributed by atoms with van der Waals surface area (Å²) in [6.07, 6.45) is 9.40. The third-order valence-electron chi connectivity index (χ3n) is 9.26. The number of amides is 3. The first-order chi connectivity index (χ1) is 19.6. The van der Waals surface area contributed by atoms with Crippen LogP contribution in [0.2, 0.25) is 5.02 Å². The molecule has 1 unspecified atom stereocenters. The van der Waals surface area contributed by atoms with Gasteiger partial charge in [0.1, 0.15) is 11.6 Å². The Balaban J connectivity index is 1.71. The quantitative estimate of drug-likeness (QED) is 0.465. The van der Waals surface area contributed by atoms with E-state index < -0.39 is 35.1 Å². The van der Waals surface area contributed by atoms with Gasteiger partial charge in [0, 0.05) is 19.6 Å². The van der Waals surface area contributed by atoms with Crippen LogP contribution in [0.3, 0.4) is 0 Å². The van der Waals surface area contributed by atoms with Gasteiger partial charge in [0.15, 0.2) is 0 Å². The predicted molar refractivity (Wildman–Crippen MR) is 158 cm³/mol. The van der Waals surface area contributed by atoms with Crippen molar-refractivity contribution in [3.05, 3.63) is 53.1 Å². The largest absolute Gasteiger partial charge is 0.394 e. The number of carbonyl (C=O) groups excluding carboxylic acids is 3. The van der Waals surface area contributed by atoms with Crippen LogP contribution >= 0.6 is 11.6 Å². The van der Waals surface area contributed by atoms with Crippen LogP contribution in [0.4, 0.5) is 5.69 Å². The minimum atomic E-state index is -1.38. The number of anilines is 1. The van der Waals surface area contributed by atoms with Crippen LogP contribution in [-0.4, -0.2) is 82.2 Å². The second-order valence-corrected chi connectivity index (χ2v) is 12.7. The molecule has 8 nitrogen and oxygen atoms in total. The van der Waals surface area contributed by atoms with Gasteiger partial charge < -0.3 is 24.5 Å². The average Bonchev–Trinajstić information content (AvgIpc) is 3.23. The van der Waals surface area contributed by atoms with Crippen molar-refractivity contribution in [2.24, 2.45) is 17.8 Å². The summed E-state index contributed by atoms with van der Waals surface area (Å²) >= 11 is 6.66. The Morgan fingerprint density at radius 2 is 1.78 bits per heavy atom. The van der Waals surface area contributed by atoms with Crippen LogP contribution < -0.4 is 4.90 Å². The number of likely N-dealkylation sites (tertiary alicyclic amines) is 1. The van der Waals surface area contributed by atoms with Gasteiger partial charge in [-0.25, -0.2) is 0 Å². The number of hydrogen-bond donors (Lipinski definition) is 1. The van der Waals surface area contributed by atoms with Crippen LogP contribution in [0.5, 0.6) is 0 Å². The van der Waals surface area contributed by atoms with Crippen LogP contribution in [0.15, 0.2) is 42.5 Å². The fourth-order valence-corrected chi connectivity index (χ4v) is 7.92. The summed E-state index contributed by atoms with van der Waals surface area (Å²) in [5.74, 6) is -2.30. The normalized spacial score (nSPS) is 31.9. The first-order valence-electron chi connectivity index (χ1n) is 14.9. The van der Waals surface area contributed by atoms with Crippen LogP contribution in [0.25, 0.3) is 0 Å². The number of aliphatic hydroxyl groups excluding tert-OH is 1. The van der Waals surface area contributed by atoms with Gasteiger partial charge in [-0.15, -0.1) is 0 Å². The van der Waals surface area contributed by atoms with Gasteiger partial charge >= 0.3 is 0 Å². The maximum Gasteiger partial charge on any atom is 0.253 e. The lowest BCUT2D eigenvalue weighted by Gasteiger charge is -2.41. The molecule has 2 fully saturated rings. The summed E-state index contributed by atoms with van der Waals surface area (Å²) in [7, 11) is 0. The van der Waals surface area contributed by atoms with Crippen LogP contribution in [-0.2, 0) is 19.1 Å². The molecule has 1 aromatic rings. The molecule has 0 bridgehead atoms. The van der Waals surface area contributed by atoms with Crippen molar-refractivity contribution >= 4 is 35.0 Å². The maximum atomic E-state index is 14.8. The molecule has 9 heteroatoms. The molecule has 0 aromatic heterocycles. The highest BCUT2D eigenvalue weighted by atomic mass is 35.5. The number of hydrogen-bond acceptors (Lipinski definition) is 5. The number of fused-ring (bicyclic) bond motifs is 2. The molecule has 4 aliphatic rings. The second-order valence-electron chi connectivity index (χ2n) is 12.3. The van der Waals surface area contributed by atoms with Gasteiger partial charge in [-0.05, 0) is 43.7 Å². The summed E-state index contributed by atoms with van der Waals surface area (Å²) < 4.78 is 7.04. The van der Waals surface area contributed by atoms with E-state index >= 15 is 0 Å². The lowest BCUT2D eigenvalue weighted by molar-refractivity contribution is -0.153. The second kappa shape index (κ2) is 11.2. The third-order valence-corrected chi connectivity index (χ3v) is 9.57. The summed E-state index contributed by atoms with van der Waals surface area (Å²) in [6.45, 7) is 10.9. The smallest absolute Gasteiger partial charge is 0.253 e. The molecule has 0 saturated carbocycles. The predicted octanol–water partition coefficient (Wildman–Crippen LogP) is 4.13. The van der Waals surface area contributed by atoms with Crippen LogP contribution in [0.1, 0.15) is 52.5 Å². The van der Waals surface area contributed by atoms with Crippen LogP contribution in [0, 0.1) is 24.7 Å². The van der Waals surface area contributed by atoms with Gasteiger partial charge in [-0.3, -0.25) is 14.4 Å². The SMILES string of the molecule is CCCN1CC=C[C@@]2(CC)O[C@]34C=CCN(c5c(C)cccc5Cl)C(=O)C3N([C@@H](CO)CC(C)C)C(=O)[C@@H]4[C@H]2C1=O. The molecular formula is C32H42ClN3O5. The van der Waals surface area contributed by atoms with E-state index in [9.17, 15) is 19.5 Å². The zero-order valence-corrected chi connectivity index (χ0v) is 25.4. The number of benzene rings is 1. The van der Waals surface area contributed by atoms with E-state index in [0.29, 0.717) is 36.6 Å². The Kier molecular flexibility index (Phi) is 8.14. The number of halogens is 1. The minimum absolute atomic E-state index is 0.122. The Labute approximate surface area is 247 Å². The number of nitrogens with zero attached hydrogens (tertiary/aromatic N) is 3. The molecule has 4 heterocycles. The zero-order valence-electron chi connectivity index (χ0n) is 24.7. The number of carbonyl (C=O) groups is 3. The van der Waals surface area contributed by atoms with Gasteiger partial charge in [0.05, 0.1) is 40.8 Å². The molecule has 0 radical (unpaired) electrons. The Bertz CT molecular complexity index is 1260. The molecule has 222 valence electrons. The number of aryl methyl sites for hydroxylation is 1. The van der Waals surface area contributed by atoms with Gasteiger partial charge in [0.2, 0.25) is 11.8 Å². The fraction of sp³-hybridized carbons (Fsp3) is 0.594. The molecule has 1 aromatic carbocycles. The Morgan fingerprint density at radius 1 is 1.05 bits per heavy atom. The summed E-state index contributed by atoms with van der Waals surface area (Å²) in [5, 5.41) is 11.0. The summed E-state index contributed by atoms with van der Waals surface area (Å²) in [4.78, 5) is 48.7. The Hall–Kier alpha value is -2.68. The topological polar surface area (TPSA) is 90.4 Å². The van der Waals surface area contributed by atoms with Crippen molar-refractivity contribution in [3.63, 3.8) is 0 Å². The molecule has 6 atom stereocenters. The van der Waals surface area contributed by atoms with E-state index in [1.807, 2.05) is 71.1 Å². The average molecular weight is 584 g/mol. The lowest BCUT2D eigenvalue weighted by Crippen LogP contribution is -2.59. The van der Waals surface area contributed by atoms with E-state index in [-0.39, 0.29) is 36.8 Å². The minimum Gasteiger partial charge on any atom is -0.394 e. The Morgan fingerprint density at radius 3 is 2.41 bits per heavy atom. The van der Waals surface area contributed by atoms with Crippen molar-refractivity contribution in [1.82, 2.24) is 9.80 Å². The molecule has 5 rings (SSSR count). The molecule has 1 N–H and O–H groups in total. The highest BCUT2D eigenvalue weighted by molar-refractivity contribution is 6.34. The standard InChI is InChI=1S/C32H42ClN3O5/c1-6-15-34-16-9-13-31(7-2)24(28(34)38)25-29(39)36(22(19-37)18-20(3)4)27-30(40)35(17-10-14-32(25,27)41-31)26-21(5)11-8-12-23(26)33/h8-14,20,22,24-25,27,37H,6-7,15-19H2,1-5H3/t22-,24+,25+,27?,31-,32+/m1/s1. The van der Waals surface area contributed by atoms with E-state index in [0.717, 1.165) is 12.0 Å². The number of aliphatic hydroxyl groups is 1. The monoisotopic (exact) mass is 583 g/mol. The first kappa shape index (κ1) is 29.8. The fourth-order valence-electron chi connectivity index (χ4n) is 7.60. The molecule has 1 spiro atoms. The molecule has 0 aliphatic carbocycles.